The van der Waals surface area contributed by atoms with Gasteiger partial charge in [0.15, 0.2) is 0 Å². The highest BCUT2D eigenvalue weighted by atomic mass is 35.6. The van der Waals surface area contributed by atoms with Crippen molar-refractivity contribution in [1.29, 1.82) is 0 Å². The number of hydrogen-bond acceptors (Lipinski definition) is 2. The zero-order valence-electron chi connectivity index (χ0n) is 12.9. The molecule has 0 aromatic heterocycles. The van der Waals surface area contributed by atoms with Crippen molar-refractivity contribution in [2.75, 3.05) is 0 Å². The van der Waals surface area contributed by atoms with Gasteiger partial charge in [0.25, 0.3) is 0 Å². The van der Waals surface area contributed by atoms with Gasteiger partial charge in [0.2, 0.25) is 9.70 Å². The summed E-state index contributed by atoms with van der Waals surface area (Å²) in [5, 5.41) is 5.87. The molecule has 1 amide bonds. The number of amides is 1. The molecular weight excluding hydrogens is 319 g/mol. The van der Waals surface area contributed by atoms with Gasteiger partial charge in [-0.2, -0.15) is 0 Å². The molecule has 20 heavy (non-hydrogen) atoms. The Balaban J connectivity index is 4.20. The minimum atomic E-state index is -1.58. The van der Waals surface area contributed by atoms with E-state index in [2.05, 4.69) is 17.6 Å². The van der Waals surface area contributed by atoms with Gasteiger partial charge < -0.3 is 5.32 Å². The third-order valence-corrected chi connectivity index (χ3v) is 3.37. The zero-order chi connectivity index (χ0) is 15.8. The molecule has 0 aliphatic heterocycles. The fourth-order valence-electron chi connectivity index (χ4n) is 1.76. The first-order chi connectivity index (χ1) is 9.06. The lowest BCUT2D eigenvalue weighted by atomic mass is 10.1. The fourth-order valence-corrected chi connectivity index (χ4v) is 2.08. The molecule has 0 aliphatic rings. The largest absolute Gasteiger partial charge is 0.337 e. The lowest BCUT2D eigenvalue weighted by molar-refractivity contribution is -0.122. The van der Waals surface area contributed by atoms with Gasteiger partial charge in [0.1, 0.15) is 6.17 Å². The van der Waals surface area contributed by atoms with Crippen molar-refractivity contribution in [1.82, 2.24) is 10.6 Å². The summed E-state index contributed by atoms with van der Waals surface area (Å²) in [5.74, 6) is -0.0884. The van der Waals surface area contributed by atoms with E-state index < -0.39 is 9.96 Å². The highest BCUT2D eigenvalue weighted by Gasteiger charge is 2.36. The maximum Gasteiger partial charge on any atom is 0.223 e. The highest BCUT2D eigenvalue weighted by Crippen LogP contribution is 2.30. The maximum absolute atomic E-state index is 11.9. The monoisotopic (exact) mass is 344 g/mol. The topological polar surface area (TPSA) is 41.1 Å². The van der Waals surface area contributed by atoms with Crippen molar-refractivity contribution in [2.45, 2.75) is 81.7 Å². The van der Waals surface area contributed by atoms with E-state index in [9.17, 15) is 4.79 Å². The van der Waals surface area contributed by atoms with Crippen LogP contribution in [0.2, 0.25) is 0 Å². The second-order valence-corrected chi connectivity index (χ2v) is 8.47. The van der Waals surface area contributed by atoms with E-state index in [0.29, 0.717) is 6.42 Å². The van der Waals surface area contributed by atoms with E-state index >= 15 is 0 Å². The summed E-state index contributed by atoms with van der Waals surface area (Å²) in [6, 6.07) is 0. The van der Waals surface area contributed by atoms with E-state index in [1.807, 2.05) is 20.8 Å². The zero-order valence-corrected chi connectivity index (χ0v) is 15.1. The molecule has 0 saturated heterocycles. The number of rotatable bonds is 8. The number of carbonyl (C=O) groups is 1. The number of alkyl halides is 3. The lowest BCUT2D eigenvalue weighted by Crippen LogP contribution is -2.58. The predicted molar refractivity (Wildman–Crippen MR) is 88.5 cm³/mol. The Bertz CT molecular complexity index is 285. The van der Waals surface area contributed by atoms with Crippen LogP contribution >= 0.6 is 34.8 Å². The van der Waals surface area contributed by atoms with Crippen molar-refractivity contribution in [3.8, 4) is 0 Å². The summed E-state index contributed by atoms with van der Waals surface area (Å²) < 4.78 is -1.58. The first-order valence-electron chi connectivity index (χ1n) is 7.20. The van der Waals surface area contributed by atoms with E-state index in [0.717, 1.165) is 19.3 Å². The van der Waals surface area contributed by atoms with E-state index in [1.54, 1.807) is 0 Å². The van der Waals surface area contributed by atoms with Gasteiger partial charge in [-0.3, -0.25) is 10.1 Å². The molecule has 1 unspecified atom stereocenters. The molecule has 3 nitrogen and oxygen atoms in total. The molecule has 1 atom stereocenters. The van der Waals surface area contributed by atoms with Gasteiger partial charge >= 0.3 is 0 Å². The van der Waals surface area contributed by atoms with Gasteiger partial charge in [0.05, 0.1) is 0 Å². The summed E-state index contributed by atoms with van der Waals surface area (Å²) in [7, 11) is 0. The minimum Gasteiger partial charge on any atom is -0.337 e. The van der Waals surface area contributed by atoms with Crippen molar-refractivity contribution < 1.29 is 4.79 Å². The van der Waals surface area contributed by atoms with Crippen molar-refractivity contribution in [3.05, 3.63) is 0 Å². The summed E-state index contributed by atoms with van der Waals surface area (Å²) in [6.07, 6.45) is 5.27. The highest BCUT2D eigenvalue weighted by molar-refractivity contribution is 6.68. The summed E-state index contributed by atoms with van der Waals surface area (Å²) in [5.41, 5.74) is -0.261. The summed E-state index contributed by atoms with van der Waals surface area (Å²) in [4.78, 5) is 11.9. The molecule has 6 heteroatoms. The molecule has 0 heterocycles. The fraction of sp³-hybridized carbons (Fsp3) is 0.929. The second kappa shape index (κ2) is 9.34. The Labute approximate surface area is 138 Å². The normalized spacial score (nSPS) is 14.2. The van der Waals surface area contributed by atoms with Crippen LogP contribution in [-0.4, -0.2) is 21.4 Å². The first-order valence-corrected chi connectivity index (χ1v) is 8.33. The summed E-state index contributed by atoms with van der Waals surface area (Å²) in [6.45, 7) is 8.02. The molecule has 0 spiro atoms. The van der Waals surface area contributed by atoms with Gasteiger partial charge in [0, 0.05) is 12.0 Å². The molecule has 0 saturated carbocycles. The Morgan fingerprint density at radius 1 is 1.05 bits per heavy atom. The molecule has 0 bridgehead atoms. The van der Waals surface area contributed by atoms with Crippen LogP contribution < -0.4 is 10.6 Å². The molecule has 0 aromatic rings. The minimum absolute atomic E-state index is 0.0884. The van der Waals surface area contributed by atoms with E-state index in [4.69, 9.17) is 34.8 Å². The number of carbonyl (C=O) groups excluding carboxylic acids is 1. The smallest absolute Gasteiger partial charge is 0.223 e. The Kier molecular flexibility index (Phi) is 9.48. The average Bonchev–Trinajstić information content (AvgIpc) is 2.25. The van der Waals surface area contributed by atoms with Gasteiger partial charge in [-0.1, -0.05) is 67.4 Å². The number of hydrogen-bond donors (Lipinski definition) is 2. The second-order valence-electron chi connectivity index (χ2n) is 6.10. The third kappa shape index (κ3) is 11.0. The van der Waals surface area contributed by atoms with Crippen LogP contribution in [0.4, 0.5) is 0 Å². The summed E-state index contributed by atoms with van der Waals surface area (Å²) >= 11 is 17.7. The first kappa shape index (κ1) is 20.3. The molecule has 2 N–H and O–H groups in total. The molecule has 0 aliphatic carbocycles. The van der Waals surface area contributed by atoms with Gasteiger partial charge in [-0.15, -0.1) is 0 Å². The molecule has 0 radical (unpaired) electrons. The van der Waals surface area contributed by atoms with Crippen LogP contribution in [0.5, 0.6) is 0 Å². The van der Waals surface area contributed by atoms with Crippen LogP contribution in [0.25, 0.3) is 0 Å². The Hall–Kier alpha value is 0.300. The van der Waals surface area contributed by atoms with Crippen molar-refractivity contribution >= 4 is 40.7 Å². The van der Waals surface area contributed by atoms with Crippen LogP contribution in [0.3, 0.4) is 0 Å². The van der Waals surface area contributed by atoms with Crippen LogP contribution in [0, 0.1) is 0 Å². The van der Waals surface area contributed by atoms with Gasteiger partial charge in [-0.25, -0.2) is 0 Å². The Morgan fingerprint density at radius 3 is 2.05 bits per heavy atom. The predicted octanol–water partition coefficient (Wildman–Crippen LogP) is 4.55. The van der Waals surface area contributed by atoms with Gasteiger partial charge in [-0.05, 0) is 27.2 Å². The SMILES string of the molecule is CCCCCCCC(=O)NC(NC(C)(C)C)C(Cl)(Cl)Cl. The number of unbranched alkanes of at least 4 members (excludes halogenated alkanes) is 4. The van der Waals surface area contributed by atoms with Crippen molar-refractivity contribution in [2.24, 2.45) is 0 Å². The Morgan fingerprint density at radius 2 is 1.60 bits per heavy atom. The quantitative estimate of drug-likeness (QED) is 0.385. The third-order valence-electron chi connectivity index (χ3n) is 2.72. The molecular formula is C14H27Cl3N2O. The van der Waals surface area contributed by atoms with Crippen LogP contribution in [0.15, 0.2) is 0 Å². The van der Waals surface area contributed by atoms with Crippen LogP contribution in [0.1, 0.15) is 66.2 Å². The molecule has 0 fully saturated rings. The van der Waals surface area contributed by atoms with Crippen molar-refractivity contribution in [3.63, 3.8) is 0 Å². The number of halogens is 3. The maximum atomic E-state index is 11.9. The average molecular weight is 346 g/mol. The molecule has 120 valence electrons. The van der Waals surface area contributed by atoms with E-state index in [-0.39, 0.29) is 11.4 Å². The molecule has 0 rings (SSSR count). The standard InChI is InChI=1S/C14H27Cl3N2O/c1-5-6-7-8-9-10-11(20)18-12(14(15,16)17)19-13(2,3)4/h12,19H,5-10H2,1-4H3,(H,18,20). The number of nitrogens with one attached hydrogen (secondary N) is 2. The molecule has 0 aromatic carbocycles. The lowest BCUT2D eigenvalue weighted by Gasteiger charge is -2.33. The van der Waals surface area contributed by atoms with E-state index in [1.165, 1.54) is 12.8 Å². The van der Waals surface area contributed by atoms with Crippen LogP contribution in [-0.2, 0) is 4.79 Å².